The SMILES string of the molecule is COc1nc(C(F)(F)F)ccc1CNC(=O)OC(C)(C)C. The molecule has 0 fully saturated rings. The van der Waals surface area contributed by atoms with Crippen molar-refractivity contribution in [1.82, 2.24) is 10.3 Å². The third-order valence-electron chi connectivity index (χ3n) is 2.24. The lowest BCUT2D eigenvalue weighted by Gasteiger charge is -2.20. The van der Waals surface area contributed by atoms with Crippen LogP contribution in [0.3, 0.4) is 0 Å². The van der Waals surface area contributed by atoms with Gasteiger partial charge in [-0.2, -0.15) is 13.2 Å². The molecule has 0 unspecified atom stereocenters. The lowest BCUT2D eigenvalue weighted by Crippen LogP contribution is -2.32. The van der Waals surface area contributed by atoms with Crippen LogP contribution in [0.25, 0.3) is 0 Å². The van der Waals surface area contributed by atoms with Crippen molar-refractivity contribution in [2.45, 2.75) is 39.1 Å². The summed E-state index contributed by atoms with van der Waals surface area (Å²) >= 11 is 0. The van der Waals surface area contributed by atoms with Gasteiger partial charge in [0.2, 0.25) is 5.88 Å². The third kappa shape index (κ3) is 5.49. The number of hydrogen-bond donors (Lipinski definition) is 1. The molecule has 1 heterocycles. The molecule has 0 saturated heterocycles. The number of nitrogens with one attached hydrogen (secondary N) is 1. The first-order valence-electron chi connectivity index (χ1n) is 6.11. The zero-order chi connectivity index (χ0) is 16.3. The average Bonchev–Trinajstić information content (AvgIpc) is 2.32. The largest absolute Gasteiger partial charge is 0.481 e. The van der Waals surface area contributed by atoms with Crippen LogP contribution in [0.15, 0.2) is 12.1 Å². The molecule has 0 spiro atoms. The Morgan fingerprint density at radius 1 is 1.29 bits per heavy atom. The number of amides is 1. The molecule has 21 heavy (non-hydrogen) atoms. The predicted octanol–water partition coefficient (Wildman–Crippen LogP) is 3.13. The summed E-state index contributed by atoms with van der Waals surface area (Å²) in [5.74, 6) is -0.194. The van der Waals surface area contributed by atoms with Crippen LogP contribution >= 0.6 is 0 Å². The van der Waals surface area contributed by atoms with E-state index in [0.29, 0.717) is 5.56 Å². The van der Waals surface area contributed by atoms with Crippen molar-refractivity contribution >= 4 is 6.09 Å². The van der Waals surface area contributed by atoms with Gasteiger partial charge < -0.3 is 14.8 Å². The fraction of sp³-hybridized carbons (Fsp3) is 0.538. The van der Waals surface area contributed by atoms with Gasteiger partial charge in [-0.3, -0.25) is 0 Å². The number of carbonyl (C=O) groups excluding carboxylic acids is 1. The molecular formula is C13H17F3N2O3. The Bertz CT molecular complexity index is 510. The van der Waals surface area contributed by atoms with Crippen molar-refractivity contribution in [3.05, 3.63) is 23.4 Å². The Labute approximate surface area is 120 Å². The summed E-state index contributed by atoms with van der Waals surface area (Å²) in [6, 6.07) is 2.03. The summed E-state index contributed by atoms with van der Waals surface area (Å²) < 4.78 is 47.4. The molecule has 1 amide bonds. The van der Waals surface area contributed by atoms with Crippen LogP contribution in [0.5, 0.6) is 5.88 Å². The number of alkyl carbamates (subject to hydrolysis) is 1. The zero-order valence-corrected chi connectivity index (χ0v) is 12.2. The van der Waals surface area contributed by atoms with E-state index >= 15 is 0 Å². The molecule has 118 valence electrons. The highest BCUT2D eigenvalue weighted by molar-refractivity contribution is 5.67. The minimum absolute atomic E-state index is 0.0524. The van der Waals surface area contributed by atoms with Crippen LogP contribution in [-0.4, -0.2) is 23.8 Å². The third-order valence-corrected chi connectivity index (χ3v) is 2.24. The van der Waals surface area contributed by atoms with Gasteiger partial charge in [0.25, 0.3) is 0 Å². The predicted molar refractivity (Wildman–Crippen MR) is 68.9 cm³/mol. The van der Waals surface area contributed by atoms with E-state index in [2.05, 4.69) is 10.3 Å². The van der Waals surface area contributed by atoms with Crippen LogP contribution in [0.2, 0.25) is 0 Å². The van der Waals surface area contributed by atoms with Crippen LogP contribution in [0, 0.1) is 0 Å². The minimum Gasteiger partial charge on any atom is -0.481 e. The van der Waals surface area contributed by atoms with E-state index in [-0.39, 0.29) is 12.4 Å². The maximum atomic E-state index is 12.5. The number of rotatable bonds is 3. The molecule has 1 aromatic rings. The van der Waals surface area contributed by atoms with Gasteiger partial charge in [-0.05, 0) is 32.9 Å². The summed E-state index contributed by atoms with van der Waals surface area (Å²) in [7, 11) is 1.21. The van der Waals surface area contributed by atoms with E-state index in [4.69, 9.17) is 9.47 Å². The lowest BCUT2D eigenvalue weighted by atomic mass is 10.2. The Morgan fingerprint density at radius 2 is 1.90 bits per heavy atom. The van der Waals surface area contributed by atoms with E-state index in [9.17, 15) is 18.0 Å². The van der Waals surface area contributed by atoms with Crippen molar-refractivity contribution in [2.75, 3.05) is 7.11 Å². The zero-order valence-electron chi connectivity index (χ0n) is 12.2. The summed E-state index contributed by atoms with van der Waals surface area (Å²) in [4.78, 5) is 14.9. The highest BCUT2D eigenvalue weighted by Gasteiger charge is 2.33. The number of pyridine rings is 1. The first kappa shape index (κ1) is 17.1. The van der Waals surface area contributed by atoms with Crippen molar-refractivity contribution in [3.8, 4) is 5.88 Å². The number of halogens is 3. The summed E-state index contributed by atoms with van der Waals surface area (Å²) in [6.45, 7) is 5.05. The van der Waals surface area contributed by atoms with Crippen LogP contribution in [0.4, 0.5) is 18.0 Å². The molecule has 0 aliphatic heterocycles. The maximum Gasteiger partial charge on any atom is 0.433 e. The van der Waals surface area contributed by atoms with E-state index in [1.54, 1.807) is 20.8 Å². The van der Waals surface area contributed by atoms with Crippen LogP contribution in [-0.2, 0) is 17.5 Å². The maximum absolute atomic E-state index is 12.5. The smallest absolute Gasteiger partial charge is 0.433 e. The van der Waals surface area contributed by atoms with E-state index in [1.165, 1.54) is 13.2 Å². The van der Waals surface area contributed by atoms with Gasteiger partial charge in [-0.1, -0.05) is 0 Å². The van der Waals surface area contributed by atoms with Gasteiger partial charge >= 0.3 is 12.3 Å². The topological polar surface area (TPSA) is 60.5 Å². The first-order chi connectivity index (χ1) is 9.53. The highest BCUT2D eigenvalue weighted by atomic mass is 19.4. The second-order valence-electron chi connectivity index (χ2n) is 5.22. The van der Waals surface area contributed by atoms with E-state index < -0.39 is 23.6 Å². The quantitative estimate of drug-likeness (QED) is 0.932. The summed E-state index contributed by atoms with van der Waals surface area (Å²) in [5, 5.41) is 2.43. The van der Waals surface area contributed by atoms with Crippen molar-refractivity contribution < 1.29 is 27.4 Å². The highest BCUT2D eigenvalue weighted by Crippen LogP contribution is 2.30. The number of ether oxygens (including phenoxy) is 2. The molecule has 1 rings (SSSR count). The fourth-order valence-electron chi connectivity index (χ4n) is 1.42. The number of hydrogen-bond acceptors (Lipinski definition) is 4. The molecule has 0 aliphatic carbocycles. The number of methoxy groups -OCH3 is 1. The van der Waals surface area contributed by atoms with Crippen molar-refractivity contribution in [3.63, 3.8) is 0 Å². The molecule has 1 N–H and O–H groups in total. The second-order valence-corrected chi connectivity index (χ2v) is 5.22. The molecule has 5 nitrogen and oxygen atoms in total. The summed E-state index contributed by atoms with van der Waals surface area (Å²) in [5.41, 5.74) is -1.40. The minimum atomic E-state index is -4.55. The van der Waals surface area contributed by atoms with Crippen molar-refractivity contribution in [2.24, 2.45) is 0 Å². The molecule has 0 radical (unpaired) electrons. The number of alkyl halides is 3. The van der Waals surface area contributed by atoms with Gasteiger partial charge in [0.1, 0.15) is 11.3 Å². The van der Waals surface area contributed by atoms with Gasteiger partial charge in [0.15, 0.2) is 0 Å². The molecule has 0 bridgehead atoms. The Kier molecular flexibility index (Phi) is 5.03. The molecule has 1 aromatic heterocycles. The summed E-state index contributed by atoms with van der Waals surface area (Å²) in [6.07, 6.45) is -5.23. The number of nitrogens with zero attached hydrogens (tertiary/aromatic N) is 1. The van der Waals surface area contributed by atoms with E-state index in [1.807, 2.05) is 0 Å². The Balaban J connectivity index is 2.78. The Hall–Kier alpha value is -1.99. The first-order valence-corrected chi connectivity index (χ1v) is 6.11. The van der Waals surface area contributed by atoms with Crippen LogP contribution in [0.1, 0.15) is 32.0 Å². The van der Waals surface area contributed by atoms with Gasteiger partial charge in [-0.25, -0.2) is 9.78 Å². The molecule has 0 saturated carbocycles. The Morgan fingerprint density at radius 3 is 2.38 bits per heavy atom. The molecular weight excluding hydrogens is 289 g/mol. The van der Waals surface area contributed by atoms with Gasteiger partial charge in [0.05, 0.1) is 13.7 Å². The monoisotopic (exact) mass is 306 g/mol. The molecule has 0 atom stereocenters. The van der Waals surface area contributed by atoms with E-state index in [0.717, 1.165) is 6.07 Å². The number of carbonyl (C=O) groups is 1. The molecule has 0 aliphatic rings. The molecule has 0 aromatic carbocycles. The van der Waals surface area contributed by atoms with Crippen LogP contribution < -0.4 is 10.1 Å². The van der Waals surface area contributed by atoms with Gasteiger partial charge in [0, 0.05) is 5.56 Å². The van der Waals surface area contributed by atoms with Crippen molar-refractivity contribution in [1.29, 1.82) is 0 Å². The normalized spacial score (nSPS) is 12.0. The molecule has 8 heteroatoms. The van der Waals surface area contributed by atoms with Gasteiger partial charge in [-0.15, -0.1) is 0 Å². The lowest BCUT2D eigenvalue weighted by molar-refractivity contribution is -0.141. The fourth-order valence-corrected chi connectivity index (χ4v) is 1.42. The average molecular weight is 306 g/mol. The number of aromatic nitrogens is 1. The second kappa shape index (κ2) is 6.19. The standard InChI is InChI=1S/C13H17F3N2O3/c1-12(2,3)21-11(19)17-7-8-5-6-9(13(14,15)16)18-10(8)20-4/h5-6H,7H2,1-4H3,(H,17,19).